The second-order valence-corrected chi connectivity index (χ2v) is 9.15. The molecule has 1 aromatic rings. The van der Waals surface area contributed by atoms with Crippen molar-refractivity contribution in [1.82, 2.24) is 9.80 Å². The zero-order chi connectivity index (χ0) is 13.8. The first kappa shape index (κ1) is 14.9. The number of fused-ring (bicyclic) bond motifs is 1. The average molecular weight is 367 g/mol. The van der Waals surface area contributed by atoms with Crippen molar-refractivity contribution in [2.75, 3.05) is 60.6 Å². The molecular formula is C14H24N4Sn. The van der Waals surface area contributed by atoms with Crippen LogP contribution in [0.25, 0.3) is 0 Å². The molecule has 0 saturated carbocycles. The van der Waals surface area contributed by atoms with Crippen molar-refractivity contribution in [2.45, 2.75) is 0 Å². The SMILES string of the molecule is CN(C)CC[N]1[Sn][N](CCN(C)C)c2ccccc21. The molecule has 0 spiro atoms. The first-order valence-electron chi connectivity index (χ1n) is 6.78. The van der Waals surface area contributed by atoms with E-state index in [1.165, 1.54) is 11.4 Å². The van der Waals surface area contributed by atoms with Gasteiger partial charge in [-0.05, 0) is 0 Å². The first-order chi connectivity index (χ1) is 9.08. The molecule has 0 aromatic heterocycles. The van der Waals surface area contributed by atoms with Crippen LogP contribution < -0.4 is 6.24 Å². The van der Waals surface area contributed by atoms with Crippen LogP contribution in [-0.2, 0) is 0 Å². The molecule has 5 heteroatoms. The van der Waals surface area contributed by atoms with Crippen LogP contribution in [0.3, 0.4) is 0 Å². The monoisotopic (exact) mass is 368 g/mol. The van der Waals surface area contributed by atoms with Gasteiger partial charge < -0.3 is 0 Å². The fraction of sp³-hybridized carbons (Fsp3) is 0.571. The number of hydrogen-bond acceptors (Lipinski definition) is 4. The molecular weight excluding hydrogens is 343 g/mol. The van der Waals surface area contributed by atoms with E-state index in [0.29, 0.717) is 0 Å². The Balaban J connectivity index is 2.05. The summed E-state index contributed by atoms with van der Waals surface area (Å²) in [6.07, 6.45) is 0. The van der Waals surface area contributed by atoms with Gasteiger partial charge in [0.15, 0.2) is 0 Å². The zero-order valence-corrected chi connectivity index (χ0v) is 15.3. The molecule has 1 aliphatic heterocycles. The Hall–Kier alpha value is -0.461. The Bertz CT molecular complexity index is 371. The van der Waals surface area contributed by atoms with Crippen LogP contribution in [0.15, 0.2) is 24.3 Å². The molecule has 19 heavy (non-hydrogen) atoms. The Morgan fingerprint density at radius 1 is 0.842 bits per heavy atom. The van der Waals surface area contributed by atoms with E-state index in [9.17, 15) is 0 Å². The standard InChI is InChI=1S/C14H24N4.Sn/c1-17(2)11-9-15-13-7-5-6-8-14(13)16-10-12-18(3)4;/h5-8H,9-12H2,1-4H3;/q-2;+2. The molecule has 1 aromatic carbocycles. The van der Waals surface area contributed by atoms with Crippen molar-refractivity contribution in [1.29, 1.82) is 0 Å². The molecule has 1 heterocycles. The maximum atomic E-state index is 2.65. The van der Waals surface area contributed by atoms with Gasteiger partial charge in [-0.25, -0.2) is 0 Å². The molecule has 0 N–H and O–H groups in total. The summed E-state index contributed by atoms with van der Waals surface area (Å²) in [6, 6.07) is 8.88. The maximum absolute atomic E-state index is 2.65. The van der Waals surface area contributed by atoms with E-state index in [-0.39, 0.29) is 0 Å². The van der Waals surface area contributed by atoms with Crippen LogP contribution in [0.4, 0.5) is 11.4 Å². The zero-order valence-electron chi connectivity index (χ0n) is 12.4. The quantitative estimate of drug-likeness (QED) is 0.695. The summed E-state index contributed by atoms with van der Waals surface area (Å²) in [6.45, 7) is 4.59. The summed E-state index contributed by atoms with van der Waals surface area (Å²) in [4.78, 5) is 4.54. The van der Waals surface area contributed by atoms with E-state index in [1.54, 1.807) is 0 Å². The second-order valence-electron chi connectivity index (χ2n) is 5.50. The fourth-order valence-electron chi connectivity index (χ4n) is 2.12. The Morgan fingerprint density at radius 3 is 1.63 bits per heavy atom. The predicted molar refractivity (Wildman–Crippen MR) is 84.0 cm³/mol. The van der Waals surface area contributed by atoms with E-state index in [2.05, 4.69) is 68.5 Å². The molecule has 0 bridgehead atoms. The number of likely N-dealkylation sites (N-methyl/N-ethyl adjacent to an activating group) is 2. The molecule has 1 aliphatic rings. The summed E-state index contributed by atoms with van der Waals surface area (Å²) in [5.41, 5.74) is 2.91. The Kier molecular flexibility index (Phi) is 5.36. The van der Waals surface area contributed by atoms with Crippen molar-refractivity contribution in [3.63, 3.8) is 0 Å². The number of rotatable bonds is 6. The van der Waals surface area contributed by atoms with Gasteiger partial charge in [0.1, 0.15) is 0 Å². The van der Waals surface area contributed by atoms with Crippen LogP contribution in [0.5, 0.6) is 0 Å². The van der Waals surface area contributed by atoms with Crippen molar-refractivity contribution < 1.29 is 0 Å². The summed E-state index contributed by atoms with van der Waals surface area (Å²) in [5.74, 6) is 0. The number of para-hydroxylation sites is 2. The van der Waals surface area contributed by atoms with Gasteiger partial charge in [0, 0.05) is 0 Å². The molecule has 0 unspecified atom stereocenters. The normalized spacial score (nSPS) is 14.6. The van der Waals surface area contributed by atoms with E-state index in [4.69, 9.17) is 0 Å². The minimum atomic E-state index is -0.662. The Morgan fingerprint density at radius 2 is 1.26 bits per heavy atom. The number of anilines is 2. The van der Waals surface area contributed by atoms with Gasteiger partial charge in [-0.3, -0.25) is 0 Å². The van der Waals surface area contributed by atoms with Gasteiger partial charge in [-0.1, -0.05) is 0 Å². The second kappa shape index (κ2) is 6.81. The molecule has 2 radical (unpaired) electrons. The molecule has 4 nitrogen and oxygen atoms in total. The van der Waals surface area contributed by atoms with Gasteiger partial charge in [-0.15, -0.1) is 0 Å². The van der Waals surface area contributed by atoms with Crippen LogP contribution in [-0.4, -0.2) is 85.9 Å². The molecule has 0 aliphatic carbocycles. The third-order valence-electron chi connectivity index (χ3n) is 3.25. The van der Waals surface area contributed by atoms with Crippen LogP contribution in [0, 0.1) is 0 Å². The summed E-state index contributed by atoms with van der Waals surface area (Å²) >= 11 is -0.662. The third kappa shape index (κ3) is 4.00. The molecule has 0 atom stereocenters. The van der Waals surface area contributed by atoms with Crippen LogP contribution in [0.2, 0.25) is 0 Å². The molecule has 104 valence electrons. The molecule has 0 fully saturated rings. The summed E-state index contributed by atoms with van der Waals surface area (Å²) in [7, 11) is 8.60. The molecule has 0 saturated heterocycles. The number of benzene rings is 1. The van der Waals surface area contributed by atoms with Gasteiger partial charge in [-0.2, -0.15) is 0 Å². The van der Waals surface area contributed by atoms with Gasteiger partial charge >= 0.3 is 128 Å². The topological polar surface area (TPSA) is 13.0 Å². The minimum absolute atomic E-state index is 0.662. The van der Waals surface area contributed by atoms with Gasteiger partial charge in [0.2, 0.25) is 0 Å². The van der Waals surface area contributed by atoms with Gasteiger partial charge in [0.05, 0.1) is 0 Å². The summed E-state index contributed by atoms with van der Waals surface area (Å²) in [5, 5.41) is 0. The van der Waals surface area contributed by atoms with E-state index in [1.807, 2.05) is 0 Å². The van der Waals surface area contributed by atoms with Gasteiger partial charge in [0.25, 0.3) is 0 Å². The van der Waals surface area contributed by atoms with Crippen LogP contribution >= 0.6 is 0 Å². The molecule has 0 amide bonds. The summed E-state index contributed by atoms with van der Waals surface area (Å²) < 4.78 is 5.29. The van der Waals surface area contributed by atoms with Crippen LogP contribution in [0.1, 0.15) is 0 Å². The van der Waals surface area contributed by atoms with Crippen molar-refractivity contribution in [3.05, 3.63) is 24.3 Å². The number of nitrogens with zero attached hydrogens (tertiary/aromatic N) is 4. The fourth-order valence-corrected chi connectivity index (χ4v) is 5.78. The van der Waals surface area contributed by atoms with Crippen molar-refractivity contribution in [2.24, 2.45) is 0 Å². The van der Waals surface area contributed by atoms with E-state index < -0.39 is 21.7 Å². The van der Waals surface area contributed by atoms with Crippen molar-refractivity contribution >= 4 is 33.1 Å². The van der Waals surface area contributed by atoms with E-state index in [0.717, 1.165) is 26.2 Å². The third-order valence-corrected chi connectivity index (χ3v) is 7.28. The first-order valence-corrected chi connectivity index (χ1v) is 9.33. The average Bonchev–Trinajstić information content (AvgIpc) is 2.72. The molecule has 2 rings (SSSR count). The Labute approximate surface area is 127 Å². The van der Waals surface area contributed by atoms with E-state index >= 15 is 0 Å². The predicted octanol–water partition coefficient (Wildman–Crippen LogP) is 0.970. The number of hydrogen-bond donors (Lipinski definition) is 0. The van der Waals surface area contributed by atoms with Crippen molar-refractivity contribution in [3.8, 4) is 0 Å².